The Hall–Kier alpha value is -1.29. The van der Waals surface area contributed by atoms with Crippen molar-refractivity contribution in [1.29, 1.82) is 0 Å². The van der Waals surface area contributed by atoms with Crippen molar-refractivity contribution in [2.45, 2.75) is 38.6 Å². The van der Waals surface area contributed by atoms with Crippen LogP contribution in [0.5, 0.6) is 0 Å². The van der Waals surface area contributed by atoms with Crippen LogP contribution >= 0.6 is 0 Å². The Morgan fingerprint density at radius 2 is 2.18 bits per heavy atom. The Labute approximate surface area is 102 Å². The fraction of sp³-hybridized carbons (Fsp3) is 0.615. The molecule has 2 rings (SSSR count). The summed E-state index contributed by atoms with van der Waals surface area (Å²) in [6.45, 7) is 2.75. The third-order valence-electron chi connectivity index (χ3n) is 3.53. The number of aliphatic hydroxyl groups is 1. The first-order valence-electron chi connectivity index (χ1n) is 6.32. The van der Waals surface area contributed by atoms with Gasteiger partial charge in [-0.05, 0) is 25.3 Å². The van der Waals surface area contributed by atoms with Crippen molar-refractivity contribution in [1.82, 2.24) is 4.98 Å². The first-order chi connectivity index (χ1) is 8.22. The fourth-order valence-corrected chi connectivity index (χ4v) is 2.49. The molecule has 0 aromatic carbocycles. The van der Waals surface area contributed by atoms with Gasteiger partial charge in [-0.1, -0.05) is 12.8 Å². The molecule has 4 nitrogen and oxygen atoms in total. The molecule has 0 aliphatic heterocycles. The van der Waals surface area contributed by atoms with Crippen molar-refractivity contribution in [2.75, 3.05) is 23.8 Å². The predicted octanol–water partition coefficient (Wildman–Crippen LogP) is 1.71. The Bertz CT molecular complexity index is 375. The molecule has 0 radical (unpaired) electrons. The van der Waals surface area contributed by atoms with Gasteiger partial charge in [-0.25, -0.2) is 4.98 Å². The lowest BCUT2D eigenvalue weighted by Gasteiger charge is -2.29. The number of hydrogen-bond acceptors (Lipinski definition) is 4. The molecule has 17 heavy (non-hydrogen) atoms. The summed E-state index contributed by atoms with van der Waals surface area (Å²) in [6.07, 6.45) is 6.73. The van der Waals surface area contributed by atoms with Gasteiger partial charge in [0.1, 0.15) is 5.82 Å². The number of aryl methyl sites for hydroxylation is 1. The van der Waals surface area contributed by atoms with E-state index in [1.165, 1.54) is 25.7 Å². The SMILES string of the molecule is Cc1cnc(N(CCO)C2CCCC2)cc1N. The van der Waals surface area contributed by atoms with Gasteiger partial charge < -0.3 is 15.7 Å². The van der Waals surface area contributed by atoms with E-state index >= 15 is 0 Å². The van der Waals surface area contributed by atoms with Crippen LogP contribution in [0.25, 0.3) is 0 Å². The van der Waals surface area contributed by atoms with E-state index in [-0.39, 0.29) is 6.61 Å². The maximum absolute atomic E-state index is 9.18. The van der Waals surface area contributed by atoms with Crippen molar-refractivity contribution in [3.63, 3.8) is 0 Å². The van der Waals surface area contributed by atoms with Gasteiger partial charge in [0.05, 0.1) is 6.61 Å². The average molecular weight is 235 g/mol. The van der Waals surface area contributed by atoms with Gasteiger partial charge in [-0.2, -0.15) is 0 Å². The quantitative estimate of drug-likeness (QED) is 0.834. The topological polar surface area (TPSA) is 62.4 Å². The van der Waals surface area contributed by atoms with Crippen LogP contribution in [0.3, 0.4) is 0 Å². The molecule has 1 heterocycles. The largest absolute Gasteiger partial charge is 0.398 e. The molecule has 0 bridgehead atoms. The Balaban J connectivity index is 2.21. The van der Waals surface area contributed by atoms with Crippen LogP contribution in [0.15, 0.2) is 12.3 Å². The van der Waals surface area contributed by atoms with Crippen molar-refractivity contribution in [2.24, 2.45) is 0 Å². The monoisotopic (exact) mass is 235 g/mol. The lowest BCUT2D eigenvalue weighted by atomic mass is 10.2. The highest BCUT2D eigenvalue weighted by Gasteiger charge is 2.23. The zero-order valence-electron chi connectivity index (χ0n) is 10.4. The Kier molecular flexibility index (Phi) is 3.84. The fourth-order valence-electron chi connectivity index (χ4n) is 2.49. The zero-order chi connectivity index (χ0) is 12.3. The second-order valence-corrected chi connectivity index (χ2v) is 4.75. The number of rotatable bonds is 4. The lowest BCUT2D eigenvalue weighted by molar-refractivity contribution is 0.297. The molecule has 1 aliphatic carbocycles. The van der Waals surface area contributed by atoms with E-state index < -0.39 is 0 Å². The van der Waals surface area contributed by atoms with E-state index in [0.29, 0.717) is 12.6 Å². The molecule has 0 spiro atoms. The van der Waals surface area contributed by atoms with Crippen LogP contribution < -0.4 is 10.6 Å². The summed E-state index contributed by atoms with van der Waals surface area (Å²) < 4.78 is 0. The second kappa shape index (κ2) is 5.36. The summed E-state index contributed by atoms with van der Waals surface area (Å²) in [7, 11) is 0. The van der Waals surface area contributed by atoms with Gasteiger partial charge in [-0.3, -0.25) is 0 Å². The first kappa shape index (κ1) is 12.2. The molecule has 0 saturated heterocycles. The van der Waals surface area contributed by atoms with Crippen LogP contribution in [0.1, 0.15) is 31.2 Å². The number of anilines is 2. The van der Waals surface area contributed by atoms with Crippen molar-refractivity contribution < 1.29 is 5.11 Å². The summed E-state index contributed by atoms with van der Waals surface area (Å²) in [5.74, 6) is 0.897. The molecule has 1 fully saturated rings. The zero-order valence-corrected chi connectivity index (χ0v) is 10.4. The smallest absolute Gasteiger partial charge is 0.130 e. The minimum absolute atomic E-state index is 0.159. The third kappa shape index (κ3) is 2.69. The highest BCUT2D eigenvalue weighted by Crippen LogP contribution is 2.28. The summed E-state index contributed by atoms with van der Waals surface area (Å²) in [5, 5.41) is 9.18. The molecule has 0 atom stereocenters. The number of hydrogen-bond donors (Lipinski definition) is 2. The number of pyridine rings is 1. The average Bonchev–Trinajstić information content (AvgIpc) is 2.83. The predicted molar refractivity (Wildman–Crippen MR) is 70.1 cm³/mol. The number of nitrogens with zero attached hydrogens (tertiary/aromatic N) is 2. The Morgan fingerprint density at radius 3 is 2.76 bits per heavy atom. The van der Waals surface area contributed by atoms with Crippen LogP contribution in [-0.4, -0.2) is 29.3 Å². The van der Waals surface area contributed by atoms with Gasteiger partial charge in [0, 0.05) is 30.5 Å². The summed E-state index contributed by atoms with van der Waals surface area (Å²) >= 11 is 0. The van der Waals surface area contributed by atoms with Crippen LogP contribution in [0.2, 0.25) is 0 Å². The van der Waals surface area contributed by atoms with E-state index in [1.807, 2.05) is 19.2 Å². The molecule has 1 aromatic heterocycles. The molecule has 1 aliphatic rings. The highest BCUT2D eigenvalue weighted by atomic mass is 16.3. The van der Waals surface area contributed by atoms with Gasteiger partial charge in [0.15, 0.2) is 0 Å². The van der Waals surface area contributed by atoms with Crippen molar-refractivity contribution in [3.05, 3.63) is 17.8 Å². The molecule has 1 saturated carbocycles. The van der Waals surface area contributed by atoms with Crippen molar-refractivity contribution in [3.8, 4) is 0 Å². The number of nitrogen functional groups attached to an aromatic ring is 1. The Morgan fingerprint density at radius 1 is 1.47 bits per heavy atom. The minimum Gasteiger partial charge on any atom is -0.398 e. The van der Waals surface area contributed by atoms with E-state index in [1.54, 1.807) is 0 Å². The van der Waals surface area contributed by atoms with Crippen LogP contribution in [0.4, 0.5) is 11.5 Å². The summed E-state index contributed by atoms with van der Waals surface area (Å²) in [4.78, 5) is 6.63. The number of nitrogens with two attached hydrogens (primary N) is 1. The maximum Gasteiger partial charge on any atom is 0.130 e. The number of aromatic nitrogens is 1. The second-order valence-electron chi connectivity index (χ2n) is 4.75. The van der Waals surface area contributed by atoms with Gasteiger partial charge in [0.2, 0.25) is 0 Å². The first-order valence-corrected chi connectivity index (χ1v) is 6.32. The lowest BCUT2D eigenvalue weighted by Crippen LogP contribution is -2.36. The van der Waals surface area contributed by atoms with Crippen LogP contribution in [0, 0.1) is 6.92 Å². The maximum atomic E-state index is 9.18. The molecule has 1 aromatic rings. The van der Waals surface area contributed by atoms with Gasteiger partial charge in [-0.15, -0.1) is 0 Å². The molecular formula is C13H21N3O. The van der Waals surface area contributed by atoms with Crippen molar-refractivity contribution >= 4 is 11.5 Å². The number of aliphatic hydroxyl groups excluding tert-OH is 1. The van der Waals surface area contributed by atoms with E-state index in [9.17, 15) is 5.11 Å². The summed E-state index contributed by atoms with van der Waals surface area (Å²) in [5.41, 5.74) is 7.70. The normalized spacial score (nSPS) is 16.4. The molecule has 0 amide bonds. The van der Waals surface area contributed by atoms with Crippen LogP contribution in [-0.2, 0) is 0 Å². The van der Waals surface area contributed by atoms with E-state index in [4.69, 9.17) is 5.73 Å². The van der Waals surface area contributed by atoms with E-state index in [0.717, 1.165) is 17.1 Å². The summed E-state index contributed by atoms with van der Waals surface area (Å²) in [6, 6.07) is 2.43. The van der Waals surface area contributed by atoms with Gasteiger partial charge in [0.25, 0.3) is 0 Å². The van der Waals surface area contributed by atoms with Gasteiger partial charge >= 0.3 is 0 Å². The van der Waals surface area contributed by atoms with E-state index in [2.05, 4.69) is 9.88 Å². The standard InChI is InChI=1S/C13H21N3O/c1-10-9-15-13(8-12(10)14)16(6-7-17)11-4-2-3-5-11/h8-9,11,17H,2-7H2,1H3,(H2,14,15). The third-order valence-corrected chi connectivity index (χ3v) is 3.53. The molecular weight excluding hydrogens is 214 g/mol. The highest BCUT2D eigenvalue weighted by molar-refractivity contribution is 5.55. The minimum atomic E-state index is 0.159. The molecule has 4 heteroatoms. The molecule has 0 unspecified atom stereocenters. The molecule has 94 valence electrons. The molecule has 3 N–H and O–H groups in total.